The Hall–Kier alpha value is -1.93. The van der Waals surface area contributed by atoms with Gasteiger partial charge < -0.3 is 0 Å². The molecular formula is C19H19ClN2. The second-order valence-electron chi connectivity index (χ2n) is 6.66. The predicted molar refractivity (Wildman–Crippen MR) is 93.4 cm³/mol. The maximum atomic E-state index is 6.40. The standard InChI is InChI=1S/C19H19ClN2/c1-12-9-13(19(2,3)4)5-6-14(12)17-10-16(20)15-7-8-21-11-18(15)22-17/h5-11H,1-4H3. The van der Waals surface area contributed by atoms with Gasteiger partial charge in [-0.25, -0.2) is 4.98 Å². The third-order valence-corrected chi connectivity index (χ3v) is 4.24. The van der Waals surface area contributed by atoms with Crippen molar-refractivity contribution in [3.8, 4) is 11.3 Å². The van der Waals surface area contributed by atoms with Gasteiger partial charge in [0.15, 0.2) is 0 Å². The summed E-state index contributed by atoms with van der Waals surface area (Å²) in [5.74, 6) is 0. The largest absolute Gasteiger partial charge is 0.262 e. The fourth-order valence-electron chi connectivity index (χ4n) is 2.59. The van der Waals surface area contributed by atoms with Crippen LogP contribution >= 0.6 is 11.6 Å². The summed E-state index contributed by atoms with van der Waals surface area (Å²) < 4.78 is 0. The zero-order valence-electron chi connectivity index (χ0n) is 13.3. The molecule has 0 aliphatic carbocycles. The van der Waals surface area contributed by atoms with Crippen molar-refractivity contribution in [2.75, 3.05) is 0 Å². The first-order valence-corrected chi connectivity index (χ1v) is 7.76. The smallest absolute Gasteiger partial charge is 0.0907 e. The Morgan fingerprint density at radius 2 is 1.82 bits per heavy atom. The fourth-order valence-corrected chi connectivity index (χ4v) is 2.86. The Bertz CT molecular complexity index is 848. The lowest BCUT2D eigenvalue weighted by molar-refractivity contribution is 0.590. The van der Waals surface area contributed by atoms with Crippen LogP contribution in [0.2, 0.25) is 5.02 Å². The Morgan fingerprint density at radius 1 is 1.05 bits per heavy atom. The Morgan fingerprint density at radius 3 is 2.50 bits per heavy atom. The lowest BCUT2D eigenvalue weighted by atomic mass is 9.85. The first kappa shape index (κ1) is 15.0. The molecule has 2 heterocycles. The van der Waals surface area contributed by atoms with Crippen LogP contribution in [0.3, 0.4) is 0 Å². The number of pyridine rings is 2. The summed E-state index contributed by atoms with van der Waals surface area (Å²) in [6, 6.07) is 10.4. The Labute approximate surface area is 136 Å². The van der Waals surface area contributed by atoms with Gasteiger partial charge in [0.1, 0.15) is 0 Å². The number of nitrogens with zero attached hydrogens (tertiary/aromatic N) is 2. The molecule has 22 heavy (non-hydrogen) atoms. The van der Waals surface area contributed by atoms with Crippen molar-refractivity contribution in [3.63, 3.8) is 0 Å². The minimum Gasteiger partial charge on any atom is -0.262 e. The second-order valence-corrected chi connectivity index (χ2v) is 7.07. The first-order valence-electron chi connectivity index (χ1n) is 7.38. The van der Waals surface area contributed by atoms with Crippen molar-refractivity contribution in [2.24, 2.45) is 0 Å². The molecule has 0 unspecified atom stereocenters. The number of hydrogen-bond acceptors (Lipinski definition) is 2. The molecule has 0 aliphatic rings. The summed E-state index contributed by atoms with van der Waals surface area (Å²) in [7, 11) is 0. The van der Waals surface area contributed by atoms with Gasteiger partial charge in [0.2, 0.25) is 0 Å². The minimum atomic E-state index is 0.141. The number of aryl methyl sites for hydroxylation is 1. The van der Waals surface area contributed by atoms with Gasteiger partial charge in [0.25, 0.3) is 0 Å². The maximum absolute atomic E-state index is 6.40. The molecule has 0 saturated heterocycles. The van der Waals surface area contributed by atoms with Crippen molar-refractivity contribution >= 4 is 22.5 Å². The average molecular weight is 311 g/mol. The number of hydrogen-bond donors (Lipinski definition) is 0. The number of fused-ring (bicyclic) bond motifs is 1. The molecule has 0 amide bonds. The topological polar surface area (TPSA) is 25.8 Å². The summed E-state index contributed by atoms with van der Waals surface area (Å²) >= 11 is 6.40. The highest BCUT2D eigenvalue weighted by atomic mass is 35.5. The molecule has 0 fully saturated rings. The predicted octanol–water partition coefficient (Wildman–Crippen LogP) is 5.56. The number of rotatable bonds is 1. The van der Waals surface area contributed by atoms with E-state index >= 15 is 0 Å². The number of halogens is 1. The summed E-state index contributed by atoms with van der Waals surface area (Å²) in [4.78, 5) is 8.85. The van der Waals surface area contributed by atoms with E-state index in [-0.39, 0.29) is 5.41 Å². The summed E-state index contributed by atoms with van der Waals surface area (Å²) in [5.41, 5.74) is 5.50. The van der Waals surface area contributed by atoms with Crippen LogP contribution in [-0.2, 0) is 5.41 Å². The van der Waals surface area contributed by atoms with Gasteiger partial charge in [-0.3, -0.25) is 4.98 Å². The molecule has 0 saturated carbocycles. The van der Waals surface area contributed by atoms with Crippen LogP contribution in [0.25, 0.3) is 22.2 Å². The molecule has 0 radical (unpaired) electrons. The normalized spacial score (nSPS) is 11.9. The van der Waals surface area contributed by atoms with Gasteiger partial charge in [-0.15, -0.1) is 0 Å². The van der Waals surface area contributed by atoms with E-state index in [1.54, 1.807) is 12.4 Å². The van der Waals surface area contributed by atoms with Crippen LogP contribution < -0.4 is 0 Å². The quantitative estimate of drug-likeness (QED) is 0.588. The lowest BCUT2D eigenvalue weighted by Gasteiger charge is -2.20. The van der Waals surface area contributed by atoms with Gasteiger partial charge in [0.05, 0.1) is 22.4 Å². The summed E-state index contributed by atoms with van der Waals surface area (Å²) in [6.45, 7) is 8.78. The third-order valence-electron chi connectivity index (χ3n) is 3.93. The van der Waals surface area contributed by atoms with Crippen LogP contribution in [0.1, 0.15) is 31.9 Å². The molecular weight excluding hydrogens is 292 g/mol. The second kappa shape index (κ2) is 5.36. The molecule has 3 heteroatoms. The van der Waals surface area contributed by atoms with Gasteiger partial charge in [-0.05, 0) is 35.6 Å². The van der Waals surface area contributed by atoms with E-state index in [0.29, 0.717) is 5.02 Å². The van der Waals surface area contributed by atoms with Gasteiger partial charge in [-0.2, -0.15) is 0 Å². The zero-order valence-corrected chi connectivity index (χ0v) is 14.1. The van der Waals surface area contributed by atoms with Gasteiger partial charge in [0, 0.05) is 17.1 Å². The van der Waals surface area contributed by atoms with E-state index < -0.39 is 0 Å². The zero-order chi connectivity index (χ0) is 15.9. The molecule has 0 spiro atoms. The Balaban J connectivity index is 2.16. The van der Waals surface area contributed by atoms with E-state index in [1.165, 1.54) is 11.1 Å². The third kappa shape index (κ3) is 2.71. The molecule has 0 N–H and O–H groups in total. The molecule has 1 aromatic carbocycles. The summed E-state index contributed by atoms with van der Waals surface area (Å²) in [6.07, 6.45) is 3.49. The molecule has 2 aromatic heterocycles. The first-order chi connectivity index (χ1) is 10.4. The average Bonchev–Trinajstić information content (AvgIpc) is 2.46. The van der Waals surface area contributed by atoms with Crippen LogP contribution in [0.5, 0.6) is 0 Å². The minimum absolute atomic E-state index is 0.141. The van der Waals surface area contributed by atoms with Crippen molar-refractivity contribution < 1.29 is 0 Å². The van der Waals surface area contributed by atoms with Crippen molar-refractivity contribution in [2.45, 2.75) is 33.1 Å². The SMILES string of the molecule is Cc1cc(C(C)(C)C)ccc1-c1cc(Cl)c2ccncc2n1. The number of aromatic nitrogens is 2. The Kier molecular flexibility index (Phi) is 3.65. The van der Waals surface area contributed by atoms with Crippen molar-refractivity contribution in [3.05, 3.63) is 58.9 Å². The molecule has 0 aliphatic heterocycles. The van der Waals surface area contributed by atoms with Crippen molar-refractivity contribution in [1.29, 1.82) is 0 Å². The van der Waals surface area contributed by atoms with Gasteiger partial charge >= 0.3 is 0 Å². The fraction of sp³-hybridized carbons (Fsp3) is 0.263. The highest BCUT2D eigenvalue weighted by molar-refractivity contribution is 6.35. The maximum Gasteiger partial charge on any atom is 0.0907 e. The summed E-state index contributed by atoms with van der Waals surface area (Å²) in [5, 5.41) is 1.64. The highest BCUT2D eigenvalue weighted by Gasteiger charge is 2.15. The highest BCUT2D eigenvalue weighted by Crippen LogP contribution is 2.31. The molecule has 3 rings (SSSR count). The van der Waals surface area contributed by atoms with E-state index in [1.807, 2.05) is 12.1 Å². The van der Waals surface area contributed by atoms with Crippen molar-refractivity contribution in [1.82, 2.24) is 9.97 Å². The monoisotopic (exact) mass is 310 g/mol. The van der Waals surface area contributed by atoms with E-state index in [0.717, 1.165) is 22.2 Å². The van der Waals surface area contributed by atoms with Gasteiger partial charge in [-0.1, -0.05) is 50.6 Å². The lowest BCUT2D eigenvalue weighted by Crippen LogP contribution is -2.11. The van der Waals surface area contributed by atoms with Crippen LogP contribution in [0.15, 0.2) is 42.7 Å². The molecule has 2 nitrogen and oxygen atoms in total. The van der Waals surface area contributed by atoms with Crippen LogP contribution in [-0.4, -0.2) is 9.97 Å². The van der Waals surface area contributed by atoms with Crippen LogP contribution in [0, 0.1) is 6.92 Å². The molecule has 112 valence electrons. The van der Waals surface area contributed by atoms with E-state index in [2.05, 4.69) is 50.9 Å². The van der Waals surface area contributed by atoms with Crippen LogP contribution in [0.4, 0.5) is 0 Å². The number of benzene rings is 1. The molecule has 3 aromatic rings. The molecule has 0 bridgehead atoms. The molecule has 0 atom stereocenters. The van der Waals surface area contributed by atoms with E-state index in [9.17, 15) is 0 Å². The van der Waals surface area contributed by atoms with E-state index in [4.69, 9.17) is 16.6 Å².